The Balaban J connectivity index is 2.05. The van der Waals surface area contributed by atoms with Crippen LogP contribution in [0.5, 0.6) is 11.5 Å². The lowest BCUT2D eigenvalue weighted by Crippen LogP contribution is -2.30. The number of ether oxygens (including phenoxy) is 2. The van der Waals surface area contributed by atoms with Crippen molar-refractivity contribution < 1.29 is 9.47 Å². The van der Waals surface area contributed by atoms with Crippen molar-refractivity contribution in [3.8, 4) is 11.5 Å². The highest BCUT2D eigenvalue weighted by Gasteiger charge is 2.20. The lowest BCUT2D eigenvalue weighted by atomic mass is 10.2. The Hall–Kier alpha value is -0.740. The first-order valence-corrected chi connectivity index (χ1v) is 4.90. The van der Waals surface area contributed by atoms with Crippen LogP contribution >= 0.6 is 11.3 Å². The summed E-state index contributed by atoms with van der Waals surface area (Å²) in [6, 6.07) is 0. The van der Waals surface area contributed by atoms with Gasteiger partial charge in [0.1, 0.15) is 12.7 Å². The number of hydrogen-bond acceptors (Lipinski definition) is 4. The Morgan fingerprint density at radius 1 is 1.50 bits per heavy atom. The predicted molar refractivity (Wildman–Crippen MR) is 47.9 cm³/mol. The first kappa shape index (κ1) is 7.89. The summed E-state index contributed by atoms with van der Waals surface area (Å²) >= 11 is 1.59. The molecular formula is C8H11NO2S. The summed E-state index contributed by atoms with van der Waals surface area (Å²) < 4.78 is 11.1. The average molecular weight is 185 g/mol. The van der Waals surface area contributed by atoms with Gasteiger partial charge in [0.05, 0.1) is 0 Å². The number of nitrogens with two attached hydrogens (primary N) is 1. The van der Waals surface area contributed by atoms with Crippen molar-refractivity contribution in [2.45, 2.75) is 12.5 Å². The highest BCUT2D eigenvalue weighted by atomic mass is 32.1. The second-order valence-electron chi connectivity index (χ2n) is 2.73. The molecule has 2 heterocycles. The van der Waals surface area contributed by atoms with E-state index in [-0.39, 0.29) is 6.10 Å². The van der Waals surface area contributed by atoms with Gasteiger partial charge in [-0.2, -0.15) is 0 Å². The lowest BCUT2D eigenvalue weighted by molar-refractivity contribution is 0.0880. The van der Waals surface area contributed by atoms with Gasteiger partial charge in [0.2, 0.25) is 0 Å². The maximum Gasteiger partial charge on any atom is 0.172 e. The fourth-order valence-electron chi connectivity index (χ4n) is 1.19. The Labute approximate surface area is 75.1 Å². The van der Waals surface area contributed by atoms with E-state index in [0.29, 0.717) is 13.2 Å². The van der Waals surface area contributed by atoms with Gasteiger partial charge in [0, 0.05) is 10.8 Å². The van der Waals surface area contributed by atoms with Gasteiger partial charge < -0.3 is 15.2 Å². The van der Waals surface area contributed by atoms with Crippen LogP contribution < -0.4 is 15.2 Å². The molecule has 1 aliphatic heterocycles. The average Bonchev–Trinajstić information content (AvgIpc) is 2.51. The SMILES string of the molecule is NCCC1COc2cscc2O1. The van der Waals surface area contributed by atoms with Crippen LogP contribution in [0.3, 0.4) is 0 Å². The fraction of sp³-hybridized carbons (Fsp3) is 0.500. The largest absolute Gasteiger partial charge is 0.485 e. The molecule has 3 nitrogen and oxygen atoms in total. The highest BCUT2D eigenvalue weighted by molar-refractivity contribution is 7.08. The van der Waals surface area contributed by atoms with Gasteiger partial charge in [0.25, 0.3) is 0 Å². The van der Waals surface area contributed by atoms with Crippen molar-refractivity contribution >= 4 is 11.3 Å². The van der Waals surface area contributed by atoms with Gasteiger partial charge in [-0.1, -0.05) is 0 Å². The van der Waals surface area contributed by atoms with Crippen LogP contribution in [0.25, 0.3) is 0 Å². The van der Waals surface area contributed by atoms with Crippen molar-refractivity contribution in [3.63, 3.8) is 0 Å². The first-order chi connectivity index (χ1) is 5.90. The van der Waals surface area contributed by atoms with Crippen molar-refractivity contribution in [1.82, 2.24) is 0 Å². The van der Waals surface area contributed by atoms with E-state index in [1.165, 1.54) is 0 Å². The van der Waals surface area contributed by atoms with Gasteiger partial charge in [-0.15, -0.1) is 11.3 Å². The van der Waals surface area contributed by atoms with Gasteiger partial charge in [-0.25, -0.2) is 0 Å². The molecule has 2 rings (SSSR count). The molecule has 1 aliphatic rings. The van der Waals surface area contributed by atoms with Crippen LogP contribution in [0.2, 0.25) is 0 Å². The summed E-state index contributed by atoms with van der Waals surface area (Å²) in [7, 11) is 0. The molecule has 0 aliphatic carbocycles. The topological polar surface area (TPSA) is 44.5 Å². The minimum Gasteiger partial charge on any atom is -0.485 e. The molecule has 0 aromatic carbocycles. The van der Waals surface area contributed by atoms with E-state index >= 15 is 0 Å². The van der Waals surface area contributed by atoms with Crippen molar-refractivity contribution in [2.75, 3.05) is 13.2 Å². The molecule has 1 atom stereocenters. The summed E-state index contributed by atoms with van der Waals surface area (Å²) in [6.45, 7) is 1.27. The van der Waals surface area contributed by atoms with Gasteiger partial charge in [0.15, 0.2) is 11.5 Å². The molecular weight excluding hydrogens is 174 g/mol. The van der Waals surface area contributed by atoms with Crippen LogP contribution in [0.4, 0.5) is 0 Å². The van der Waals surface area contributed by atoms with E-state index in [9.17, 15) is 0 Å². The third kappa shape index (κ3) is 1.40. The maximum absolute atomic E-state index is 5.62. The van der Waals surface area contributed by atoms with E-state index < -0.39 is 0 Å². The summed E-state index contributed by atoms with van der Waals surface area (Å²) in [6.07, 6.45) is 0.993. The van der Waals surface area contributed by atoms with Crippen molar-refractivity contribution in [2.24, 2.45) is 5.73 Å². The van der Waals surface area contributed by atoms with Gasteiger partial charge >= 0.3 is 0 Å². The maximum atomic E-state index is 5.62. The second kappa shape index (κ2) is 3.33. The Bertz CT molecular complexity index is 261. The highest BCUT2D eigenvalue weighted by Crippen LogP contribution is 2.35. The molecule has 66 valence electrons. The summed E-state index contributed by atoms with van der Waals surface area (Å²) in [5.41, 5.74) is 5.42. The molecule has 0 fully saturated rings. The standard InChI is InChI=1S/C8H11NO2S/c9-2-1-6-3-10-7-4-12-5-8(7)11-6/h4-6H,1-3,9H2. The number of hydrogen-bond donors (Lipinski definition) is 1. The molecule has 0 bridgehead atoms. The van der Waals surface area contributed by atoms with E-state index in [1.54, 1.807) is 11.3 Å². The van der Waals surface area contributed by atoms with E-state index in [1.807, 2.05) is 10.8 Å². The van der Waals surface area contributed by atoms with Crippen LogP contribution in [0, 0.1) is 0 Å². The molecule has 12 heavy (non-hydrogen) atoms. The Morgan fingerprint density at radius 2 is 2.33 bits per heavy atom. The van der Waals surface area contributed by atoms with E-state index in [0.717, 1.165) is 17.9 Å². The van der Waals surface area contributed by atoms with Crippen LogP contribution in [-0.2, 0) is 0 Å². The van der Waals surface area contributed by atoms with Crippen LogP contribution in [0.1, 0.15) is 6.42 Å². The third-order valence-electron chi connectivity index (χ3n) is 1.80. The van der Waals surface area contributed by atoms with Gasteiger partial charge in [-0.05, 0) is 13.0 Å². The molecule has 1 aromatic heterocycles. The van der Waals surface area contributed by atoms with E-state index in [4.69, 9.17) is 15.2 Å². The fourth-order valence-corrected chi connectivity index (χ4v) is 1.86. The Kier molecular flexibility index (Phi) is 2.19. The van der Waals surface area contributed by atoms with Crippen molar-refractivity contribution in [3.05, 3.63) is 10.8 Å². The lowest BCUT2D eigenvalue weighted by Gasteiger charge is -2.23. The monoisotopic (exact) mass is 185 g/mol. The molecule has 4 heteroatoms. The zero-order valence-electron chi connectivity index (χ0n) is 6.66. The molecule has 2 N–H and O–H groups in total. The first-order valence-electron chi connectivity index (χ1n) is 3.96. The van der Waals surface area contributed by atoms with Crippen LogP contribution in [-0.4, -0.2) is 19.3 Å². The molecule has 1 unspecified atom stereocenters. The van der Waals surface area contributed by atoms with E-state index in [2.05, 4.69) is 0 Å². The number of rotatable bonds is 2. The Morgan fingerprint density at radius 3 is 3.17 bits per heavy atom. The summed E-state index contributed by atoms with van der Waals surface area (Å²) in [4.78, 5) is 0. The number of thiophene rings is 1. The minimum atomic E-state index is 0.136. The van der Waals surface area contributed by atoms with Crippen LogP contribution in [0.15, 0.2) is 10.8 Å². The zero-order valence-corrected chi connectivity index (χ0v) is 7.47. The summed E-state index contributed by atoms with van der Waals surface area (Å²) in [5, 5.41) is 3.91. The molecule has 0 spiro atoms. The molecule has 0 saturated carbocycles. The molecule has 0 saturated heterocycles. The second-order valence-corrected chi connectivity index (χ2v) is 3.47. The zero-order chi connectivity index (χ0) is 8.39. The summed E-state index contributed by atoms with van der Waals surface area (Å²) in [5.74, 6) is 1.73. The molecule has 0 radical (unpaired) electrons. The third-order valence-corrected chi connectivity index (χ3v) is 2.50. The van der Waals surface area contributed by atoms with Crippen molar-refractivity contribution in [1.29, 1.82) is 0 Å². The normalized spacial score (nSPS) is 20.9. The molecule has 1 aromatic rings. The minimum absolute atomic E-state index is 0.136. The van der Waals surface area contributed by atoms with Gasteiger partial charge in [-0.3, -0.25) is 0 Å². The predicted octanol–water partition coefficient (Wildman–Crippen LogP) is 1.24. The number of fused-ring (bicyclic) bond motifs is 1. The quantitative estimate of drug-likeness (QED) is 0.753. The molecule has 0 amide bonds. The smallest absolute Gasteiger partial charge is 0.172 e.